The van der Waals surface area contributed by atoms with Gasteiger partial charge < -0.3 is 4.74 Å². The Morgan fingerprint density at radius 1 is 0.895 bits per heavy atom. The summed E-state index contributed by atoms with van der Waals surface area (Å²) in [7, 11) is 0. The predicted molar refractivity (Wildman–Crippen MR) is 68.0 cm³/mol. The Labute approximate surface area is 113 Å². The molecule has 0 unspecified atom stereocenters. The Morgan fingerprint density at radius 2 is 1.42 bits per heavy atom. The summed E-state index contributed by atoms with van der Waals surface area (Å²) in [5.41, 5.74) is 0.544. The van der Waals surface area contributed by atoms with Crippen molar-refractivity contribution in [3.8, 4) is 5.75 Å². The maximum atomic E-state index is 12.7. The molecule has 0 N–H and O–H groups in total. The first-order valence-corrected chi connectivity index (χ1v) is 5.72. The van der Waals surface area contributed by atoms with E-state index in [-0.39, 0.29) is 11.3 Å². The van der Waals surface area contributed by atoms with E-state index >= 15 is 0 Å². The molecule has 0 aliphatic rings. The van der Waals surface area contributed by atoms with Gasteiger partial charge in [0.25, 0.3) is 5.24 Å². The second-order valence-corrected chi connectivity index (χ2v) is 4.04. The van der Waals surface area contributed by atoms with Gasteiger partial charge in [0.1, 0.15) is 11.6 Å². The molecule has 0 radical (unpaired) electrons. The monoisotopic (exact) mass is 278 g/mol. The smallest absolute Gasteiger partial charge is 0.343 e. The minimum atomic E-state index is -0.607. The van der Waals surface area contributed by atoms with Crippen molar-refractivity contribution in [2.75, 3.05) is 0 Å². The van der Waals surface area contributed by atoms with Crippen LogP contribution in [0, 0.1) is 5.82 Å². The number of rotatable bonds is 3. The van der Waals surface area contributed by atoms with Gasteiger partial charge in [-0.3, -0.25) is 4.79 Å². The standard InChI is InChI=1S/C14H8ClFO3/c15-13(17)9-3-7-12(8-4-9)19-14(18)10-1-5-11(16)6-2-10/h1-8H. The van der Waals surface area contributed by atoms with Crippen molar-refractivity contribution in [2.24, 2.45) is 0 Å². The number of carbonyl (C=O) groups excluding carboxylic acids is 2. The molecule has 0 aliphatic carbocycles. The van der Waals surface area contributed by atoms with Crippen LogP contribution in [0.4, 0.5) is 4.39 Å². The number of halogens is 2. The highest BCUT2D eigenvalue weighted by Gasteiger charge is 2.09. The van der Waals surface area contributed by atoms with Gasteiger partial charge in [-0.25, -0.2) is 9.18 Å². The summed E-state index contributed by atoms with van der Waals surface area (Å²) in [5.74, 6) is -0.762. The molecule has 19 heavy (non-hydrogen) atoms. The maximum Gasteiger partial charge on any atom is 0.343 e. The van der Waals surface area contributed by atoms with Crippen LogP contribution in [0.2, 0.25) is 0 Å². The van der Waals surface area contributed by atoms with Crippen molar-refractivity contribution in [1.29, 1.82) is 0 Å². The van der Waals surface area contributed by atoms with Gasteiger partial charge in [-0.15, -0.1) is 0 Å². The van der Waals surface area contributed by atoms with Crippen LogP contribution in [-0.4, -0.2) is 11.2 Å². The van der Waals surface area contributed by atoms with Gasteiger partial charge in [0.15, 0.2) is 0 Å². The topological polar surface area (TPSA) is 43.4 Å². The third-order valence-corrected chi connectivity index (χ3v) is 2.59. The van der Waals surface area contributed by atoms with Gasteiger partial charge in [-0.05, 0) is 60.1 Å². The summed E-state index contributed by atoms with van der Waals surface area (Å²) in [6.45, 7) is 0. The number of ether oxygens (including phenoxy) is 1. The molecule has 0 heterocycles. The van der Waals surface area contributed by atoms with Gasteiger partial charge in [0.2, 0.25) is 0 Å². The van der Waals surface area contributed by atoms with Crippen molar-refractivity contribution in [2.45, 2.75) is 0 Å². The lowest BCUT2D eigenvalue weighted by molar-refractivity contribution is 0.0734. The minimum Gasteiger partial charge on any atom is -0.423 e. The predicted octanol–water partition coefficient (Wildman–Crippen LogP) is 3.42. The maximum absolute atomic E-state index is 12.7. The molecule has 0 aromatic heterocycles. The molecule has 0 bridgehead atoms. The molecule has 2 aromatic carbocycles. The highest BCUT2D eigenvalue weighted by atomic mass is 35.5. The van der Waals surface area contributed by atoms with Crippen LogP contribution in [0.3, 0.4) is 0 Å². The fraction of sp³-hybridized carbons (Fsp3) is 0. The number of esters is 1. The molecule has 0 atom stereocenters. The molecule has 96 valence electrons. The molecule has 5 heteroatoms. The van der Waals surface area contributed by atoms with E-state index in [9.17, 15) is 14.0 Å². The average Bonchev–Trinajstić information content (AvgIpc) is 2.40. The second-order valence-electron chi connectivity index (χ2n) is 3.69. The molecule has 0 aliphatic heterocycles. The molecular weight excluding hydrogens is 271 g/mol. The molecular formula is C14H8ClFO3. The van der Waals surface area contributed by atoms with E-state index in [1.165, 1.54) is 48.5 Å². The lowest BCUT2D eigenvalue weighted by Crippen LogP contribution is -2.08. The average molecular weight is 279 g/mol. The fourth-order valence-electron chi connectivity index (χ4n) is 1.41. The van der Waals surface area contributed by atoms with Gasteiger partial charge in [0, 0.05) is 5.56 Å². The highest BCUT2D eigenvalue weighted by molar-refractivity contribution is 6.67. The molecule has 2 rings (SSSR count). The van der Waals surface area contributed by atoms with Crippen LogP contribution in [0.15, 0.2) is 48.5 Å². The zero-order valence-corrected chi connectivity index (χ0v) is 10.4. The van der Waals surface area contributed by atoms with E-state index in [1.54, 1.807) is 0 Å². The highest BCUT2D eigenvalue weighted by Crippen LogP contribution is 2.15. The molecule has 0 saturated heterocycles. The molecule has 0 spiro atoms. The number of hydrogen-bond donors (Lipinski definition) is 0. The van der Waals surface area contributed by atoms with E-state index in [0.29, 0.717) is 5.56 Å². The molecule has 0 amide bonds. The molecule has 3 nitrogen and oxygen atoms in total. The Balaban J connectivity index is 2.10. The molecule has 0 fully saturated rings. The SMILES string of the molecule is O=C(Cl)c1ccc(OC(=O)c2ccc(F)cc2)cc1. The zero-order chi connectivity index (χ0) is 13.8. The normalized spacial score (nSPS) is 10.0. The van der Waals surface area contributed by atoms with Crippen LogP contribution < -0.4 is 4.74 Å². The van der Waals surface area contributed by atoms with Crippen molar-refractivity contribution in [3.63, 3.8) is 0 Å². The van der Waals surface area contributed by atoms with E-state index < -0.39 is 17.0 Å². The molecule has 2 aromatic rings. The van der Waals surface area contributed by atoms with Gasteiger partial charge in [0.05, 0.1) is 5.56 Å². The van der Waals surface area contributed by atoms with Crippen LogP contribution >= 0.6 is 11.6 Å². The summed E-state index contributed by atoms with van der Waals surface area (Å²) < 4.78 is 17.8. The summed E-state index contributed by atoms with van der Waals surface area (Å²) in [6.07, 6.45) is 0. The number of benzene rings is 2. The number of carbonyl (C=O) groups is 2. The summed E-state index contributed by atoms with van der Waals surface area (Å²) in [4.78, 5) is 22.6. The molecule has 0 saturated carbocycles. The van der Waals surface area contributed by atoms with Crippen LogP contribution in [0.1, 0.15) is 20.7 Å². The Bertz CT molecular complexity index is 606. The van der Waals surface area contributed by atoms with Crippen molar-refractivity contribution in [1.82, 2.24) is 0 Å². The number of hydrogen-bond acceptors (Lipinski definition) is 3. The van der Waals surface area contributed by atoms with Crippen LogP contribution in [-0.2, 0) is 0 Å². The van der Waals surface area contributed by atoms with Crippen LogP contribution in [0.25, 0.3) is 0 Å². The van der Waals surface area contributed by atoms with E-state index in [4.69, 9.17) is 16.3 Å². The third kappa shape index (κ3) is 3.39. The lowest BCUT2D eigenvalue weighted by atomic mass is 10.2. The van der Waals surface area contributed by atoms with Crippen molar-refractivity contribution in [3.05, 3.63) is 65.5 Å². The van der Waals surface area contributed by atoms with Crippen molar-refractivity contribution >= 4 is 22.8 Å². The van der Waals surface area contributed by atoms with E-state index in [1.807, 2.05) is 0 Å². The van der Waals surface area contributed by atoms with Gasteiger partial charge in [-0.1, -0.05) is 0 Å². The van der Waals surface area contributed by atoms with E-state index in [0.717, 1.165) is 0 Å². The minimum absolute atomic E-state index is 0.235. The Morgan fingerprint density at radius 3 is 1.95 bits per heavy atom. The first kappa shape index (κ1) is 13.2. The fourth-order valence-corrected chi connectivity index (χ4v) is 1.53. The first-order valence-electron chi connectivity index (χ1n) is 5.34. The summed E-state index contributed by atoms with van der Waals surface area (Å²) >= 11 is 5.29. The Kier molecular flexibility index (Phi) is 3.92. The second kappa shape index (κ2) is 5.63. The summed E-state index contributed by atoms with van der Waals surface area (Å²) in [6, 6.07) is 10.8. The Hall–Kier alpha value is -2.20. The van der Waals surface area contributed by atoms with Gasteiger partial charge >= 0.3 is 5.97 Å². The zero-order valence-electron chi connectivity index (χ0n) is 9.60. The third-order valence-electron chi connectivity index (χ3n) is 2.37. The summed E-state index contributed by atoms with van der Waals surface area (Å²) in [5, 5.41) is -0.587. The quantitative estimate of drug-likeness (QED) is 0.491. The van der Waals surface area contributed by atoms with E-state index in [2.05, 4.69) is 0 Å². The van der Waals surface area contributed by atoms with Crippen LogP contribution in [0.5, 0.6) is 5.75 Å². The van der Waals surface area contributed by atoms with Gasteiger partial charge in [-0.2, -0.15) is 0 Å². The largest absolute Gasteiger partial charge is 0.423 e. The van der Waals surface area contributed by atoms with Crippen molar-refractivity contribution < 1.29 is 18.7 Å². The lowest BCUT2D eigenvalue weighted by Gasteiger charge is -2.04. The first-order chi connectivity index (χ1) is 9.06.